The highest BCUT2D eigenvalue weighted by atomic mass is 16.5. The van der Waals surface area contributed by atoms with Gasteiger partial charge in [0.2, 0.25) is 0 Å². The van der Waals surface area contributed by atoms with Crippen molar-refractivity contribution in [2.45, 2.75) is 18.0 Å². The van der Waals surface area contributed by atoms with Crippen LogP contribution in [0.3, 0.4) is 0 Å². The molecule has 0 amide bonds. The van der Waals surface area contributed by atoms with E-state index in [1.807, 2.05) is 66.7 Å². The summed E-state index contributed by atoms with van der Waals surface area (Å²) in [7, 11) is 2.98. The smallest absolute Gasteiger partial charge is 0.323 e. The molecule has 1 N–H and O–H groups in total. The largest absolute Gasteiger partial charge is 0.497 e. The second kappa shape index (κ2) is 8.37. The van der Waals surface area contributed by atoms with Gasteiger partial charge in [0.25, 0.3) is 0 Å². The van der Waals surface area contributed by atoms with Crippen LogP contribution in [0.15, 0.2) is 78.9 Å². The van der Waals surface area contributed by atoms with Gasteiger partial charge in [0, 0.05) is 12.0 Å². The molecule has 0 saturated carbocycles. The number of carbonyl (C=O) groups is 2. The lowest BCUT2D eigenvalue weighted by molar-refractivity contribution is -0.143. The van der Waals surface area contributed by atoms with Gasteiger partial charge in [-0.25, -0.2) is 0 Å². The van der Waals surface area contributed by atoms with E-state index in [9.17, 15) is 9.59 Å². The Morgan fingerprint density at radius 3 is 2.33 bits per heavy atom. The third-order valence-corrected chi connectivity index (χ3v) is 6.83. The number of methoxy groups -OCH3 is 2. The molecular formula is C27H25NO5. The molecular weight excluding hydrogens is 418 g/mol. The Bertz CT molecular complexity index is 1180. The fourth-order valence-corrected chi connectivity index (χ4v) is 5.31. The Kier molecular flexibility index (Phi) is 5.38. The van der Waals surface area contributed by atoms with E-state index in [-0.39, 0.29) is 12.4 Å². The number of hydrogen-bond donors (Lipinski definition) is 1. The average molecular weight is 443 g/mol. The number of carbonyl (C=O) groups excluding carboxylic acids is 2. The average Bonchev–Trinajstić information content (AvgIpc) is 3.22. The molecule has 5 rings (SSSR count). The van der Waals surface area contributed by atoms with Gasteiger partial charge in [-0.15, -0.1) is 0 Å². The molecule has 3 aromatic rings. The van der Waals surface area contributed by atoms with Gasteiger partial charge in [-0.05, 0) is 35.4 Å². The molecule has 0 aromatic heterocycles. The van der Waals surface area contributed by atoms with E-state index in [1.54, 1.807) is 19.2 Å². The molecule has 6 heteroatoms. The van der Waals surface area contributed by atoms with E-state index in [1.165, 1.54) is 7.11 Å². The van der Waals surface area contributed by atoms with Gasteiger partial charge >= 0.3 is 5.97 Å². The van der Waals surface area contributed by atoms with Crippen molar-refractivity contribution in [3.05, 3.63) is 95.6 Å². The number of rotatable bonds is 4. The molecule has 6 nitrogen and oxygen atoms in total. The highest BCUT2D eigenvalue weighted by Crippen LogP contribution is 2.57. The summed E-state index contributed by atoms with van der Waals surface area (Å²) in [6, 6.07) is 23.3. The maximum absolute atomic E-state index is 14.3. The van der Waals surface area contributed by atoms with Crippen LogP contribution in [0.2, 0.25) is 0 Å². The number of hydrogen-bond acceptors (Lipinski definition) is 6. The van der Waals surface area contributed by atoms with Crippen molar-refractivity contribution in [2.75, 3.05) is 20.8 Å². The number of fused-ring (bicyclic) bond motifs is 1. The normalized spacial score (nSPS) is 25.9. The second-order valence-electron chi connectivity index (χ2n) is 8.42. The number of nitrogens with one attached hydrogen (secondary N) is 1. The number of esters is 1. The van der Waals surface area contributed by atoms with Gasteiger partial charge in [0.05, 0.1) is 25.2 Å². The molecule has 1 spiro atoms. The van der Waals surface area contributed by atoms with E-state index in [2.05, 4.69) is 5.32 Å². The molecule has 0 unspecified atom stereocenters. The van der Waals surface area contributed by atoms with E-state index in [0.29, 0.717) is 17.1 Å². The van der Waals surface area contributed by atoms with Crippen molar-refractivity contribution in [2.24, 2.45) is 5.41 Å². The summed E-state index contributed by atoms with van der Waals surface area (Å²) in [6.07, 6.45) is 0. The molecule has 2 aliphatic rings. The van der Waals surface area contributed by atoms with Gasteiger partial charge in [-0.3, -0.25) is 14.9 Å². The Balaban J connectivity index is 1.73. The zero-order valence-electron chi connectivity index (χ0n) is 18.5. The van der Waals surface area contributed by atoms with Gasteiger partial charge in [-0.1, -0.05) is 54.6 Å². The van der Waals surface area contributed by atoms with Crippen molar-refractivity contribution in [3.63, 3.8) is 0 Å². The summed E-state index contributed by atoms with van der Waals surface area (Å²) in [5.74, 6) is 0.337. The molecule has 0 aliphatic carbocycles. The Labute approximate surface area is 192 Å². The van der Waals surface area contributed by atoms with Gasteiger partial charge in [-0.2, -0.15) is 0 Å². The third-order valence-electron chi connectivity index (χ3n) is 6.83. The van der Waals surface area contributed by atoms with E-state index in [4.69, 9.17) is 14.2 Å². The number of benzene rings is 3. The van der Waals surface area contributed by atoms with Crippen LogP contribution < -0.4 is 14.8 Å². The summed E-state index contributed by atoms with van der Waals surface area (Å²) in [5, 5.41) is 3.45. The Morgan fingerprint density at radius 1 is 0.939 bits per heavy atom. The van der Waals surface area contributed by atoms with Crippen molar-refractivity contribution in [1.29, 1.82) is 0 Å². The van der Waals surface area contributed by atoms with Crippen LogP contribution in [-0.2, 0) is 9.53 Å². The quantitative estimate of drug-likeness (QED) is 0.616. The van der Waals surface area contributed by atoms with E-state index >= 15 is 0 Å². The first-order chi connectivity index (χ1) is 16.1. The highest BCUT2D eigenvalue weighted by molar-refractivity contribution is 6.06. The minimum atomic E-state index is -1.05. The zero-order chi connectivity index (χ0) is 23.0. The van der Waals surface area contributed by atoms with Crippen molar-refractivity contribution >= 4 is 11.8 Å². The van der Waals surface area contributed by atoms with Crippen LogP contribution in [-0.4, -0.2) is 38.6 Å². The molecule has 2 heterocycles. The minimum Gasteiger partial charge on any atom is -0.497 e. The van der Waals surface area contributed by atoms with Gasteiger partial charge < -0.3 is 14.2 Å². The lowest BCUT2D eigenvalue weighted by Crippen LogP contribution is -2.48. The molecule has 1 saturated heterocycles. The van der Waals surface area contributed by atoms with Crippen molar-refractivity contribution < 1.29 is 23.8 Å². The lowest BCUT2D eigenvalue weighted by Gasteiger charge is -2.41. The second-order valence-corrected chi connectivity index (χ2v) is 8.42. The molecule has 2 aliphatic heterocycles. The maximum atomic E-state index is 14.3. The summed E-state index contributed by atoms with van der Waals surface area (Å²) in [4.78, 5) is 27.3. The molecule has 1 fully saturated rings. The van der Waals surface area contributed by atoms with Crippen LogP contribution in [0.5, 0.6) is 11.5 Å². The molecule has 3 aromatic carbocycles. The Morgan fingerprint density at radius 2 is 1.64 bits per heavy atom. The number of Topliss-reactive ketones (excluding diaryl/α,β-unsaturated/α-hetero) is 1. The van der Waals surface area contributed by atoms with Crippen LogP contribution in [0.4, 0.5) is 0 Å². The summed E-state index contributed by atoms with van der Waals surface area (Å²) >= 11 is 0. The van der Waals surface area contributed by atoms with Crippen LogP contribution in [0, 0.1) is 5.41 Å². The SMILES string of the molecule is COC(=O)[C@H]1N[C@@H](c2ccc(OC)cc2)[C@]2(COc3ccccc3C2=O)[C@@H]1c1ccccc1. The minimum absolute atomic E-state index is 0.0436. The number of para-hydroxylation sites is 1. The number of ether oxygens (including phenoxy) is 3. The summed E-state index contributed by atoms with van der Waals surface area (Å²) in [5.41, 5.74) is 1.23. The van der Waals surface area contributed by atoms with Crippen LogP contribution in [0.25, 0.3) is 0 Å². The Hall–Kier alpha value is -3.64. The molecule has 168 valence electrons. The first-order valence-electron chi connectivity index (χ1n) is 10.9. The first kappa shape index (κ1) is 21.2. The topological polar surface area (TPSA) is 73.9 Å². The van der Waals surface area contributed by atoms with Gasteiger partial charge in [0.1, 0.15) is 24.1 Å². The van der Waals surface area contributed by atoms with Crippen LogP contribution >= 0.6 is 0 Å². The molecule has 0 bridgehead atoms. The van der Waals surface area contributed by atoms with E-state index in [0.717, 1.165) is 11.1 Å². The fourth-order valence-electron chi connectivity index (χ4n) is 5.31. The standard InChI is InChI=1S/C27H25NO5/c1-31-19-14-12-18(13-15-19)24-27(16-33-21-11-7-6-10-20(21)25(27)29)22(17-8-4-3-5-9-17)23(28-24)26(30)32-2/h3-15,22-24,28H,16H2,1-2H3/t22-,23+,24+,27+/m1/s1. The van der Waals surface area contributed by atoms with Crippen molar-refractivity contribution in [3.8, 4) is 11.5 Å². The number of ketones is 1. The predicted octanol–water partition coefficient (Wildman–Crippen LogP) is 3.93. The fraction of sp³-hybridized carbons (Fsp3) is 0.259. The molecule has 0 radical (unpaired) electrons. The zero-order valence-corrected chi connectivity index (χ0v) is 18.5. The first-order valence-corrected chi connectivity index (χ1v) is 10.9. The van der Waals surface area contributed by atoms with Gasteiger partial charge in [0.15, 0.2) is 5.78 Å². The lowest BCUT2D eigenvalue weighted by atomic mass is 9.62. The monoisotopic (exact) mass is 443 g/mol. The van der Waals surface area contributed by atoms with Crippen LogP contribution in [0.1, 0.15) is 33.4 Å². The highest BCUT2D eigenvalue weighted by Gasteiger charge is 2.64. The summed E-state index contributed by atoms with van der Waals surface area (Å²) in [6.45, 7) is 0.138. The third kappa shape index (κ3) is 3.29. The molecule has 4 atom stereocenters. The molecule has 33 heavy (non-hydrogen) atoms. The van der Waals surface area contributed by atoms with Crippen molar-refractivity contribution in [1.82, 2.24) is 5.32 Å². The maximum Gasteiger partial charge on any atom is 0.323 e. The predicted molar refractivity (Wildman–Crippen MR) is 123 cm³/mol. The van der Waals surface area contributed by atoms with E-state index < -0.39 is 29.4 Å². The summed E-state index contributed by atoms with van der Waals surface area (Å²) < 4.78 is 16.7.